The average Bonchev–Trinajstić information content (AvgIpc) is 3.17. The highest BCUT2D eigenvalue weighted by Crippen LogP contribution is 2.23. The first kappa shape index (κ1) is 18.3. The maximum atomic E-state index is 13.9. The molecule has 2 aromatic rings. The van der Waals surface area contributed by atoms with Crippen molar-refractivity contribution in [3.05, 3.63) is 46.7 Å². The van der Waals surface area contributed by atoms with Crippen LogP contribution in [-0.4, -0.2) is 73.2 Å². The number of hydrogen-bond donors (Lipinski definition) is 0. The van der Waals surface area contributed by atoms with Gasteiger partial charge in [-0.15, -0.1) is 11.3 Å². The van der Waals surface area contributed by atoms with Crippen molar-refractivity contribution in [2.45, 2.75) is 6.54 Å². The number of morpholine rings is 1. The van der Waals surface area contributed by atoms with Crippen LogP contribution in [0.3, 0.4) is 0 Å². The minimum atomic E-state index is -0.461. The van der Waals surface area contributed by atoms with Crippen LogP contribution >= 0.6 is 11.3 Å². The van der Waals surface area contributed by atoms with Gasteiger partial charge in [0.25, 0.3) is 5.91 Å². The Hall–Kier alpha value is -2.03. The summed E-state index contributed by atoms with van der Waals surface area (Å²) in [4.78, 5) is 23.6. The molecule has 2 fully saturated rings. The van der Waals surface area contributed by atoms with Crippen LogP contribution in [0.4, 0.5) is 9.52 Å². The van der Waals surface area contributed by atoms with Crippen LogP contribution in [-0.2, 0) is 11.3 Å². The number of benzene rings is 1. The number of aromatic nitrogens is 1. The Morgan fingerprint density at radius 2 is 1.85 bits per heavy atom. The highest BCUT2D eigenvalue weighted by Gasteiger charge is 2.25. The average molecular weight is 390 g/mol. The molecule has 0 spiro atoms. The minimum Gasteiger partial charge on any atom is -0.379 e. The lowest BCUT2D eigenvalue weighted by molar-refractivity contribution is 0.0337. The van der Waals surface area contributed by atoms with Gasteiger partial charge in [0, 0.05) is 51.2 Å². The van der Waals surface area contributed by atoms with Gasteiger partial charge in [-0.2, -0.15) is 0 Å². The van der Waals surface area contributed by atoms with Gasteiger partial charge >= 0.3 is 0 Å². The molecule has 4 rings (SSSR count). The van der Waals surface area contributed by atoms with Crippen LogP contribution in [0.15, 0.2) is 29.6 Å². The SMILES string of the molecule is O=C(c1ccccc1F)N1CCN(c2nc(CN3CCOCC3)cs2)CC1. The van der Waals surface area contributed by atoms with Gasteiger partial charge in [-0.1, -0.05) is 12.1 Å². The Morgan fingerprint density at radius 1 is 1.11 bits per heavy atom. The number of carbonyl (C=O) groups is 1. The molecule has 0 aliphatic carbocycles. The van der Waals surface area contributed by atoms with Crippen LogP contribution in [0.1, 0.15) is 16.1 Å². The molecule has 0 unspecified atom stereocenters. The molecular formula is C19H23FN4O2S. The summed E-state index contributed by atoms with van der Waals surface area (Å²) >= 11 is 1.65. The van der Waals surface area contributed by atoms with Crippen molar-refractivity contribution >= 4 is 22.4 Å². The van der Waals surface area contributed by atoms with Gasteiger partial charge in [-0.25, -0.2) is 9.37 Å². The second kappa shape index (κ2) is 8.33. The third-order valence-corrected chi connectivity index (χ3v) is 5.92. The summed E-state index contributed by atoms with van der Waals surface area (Å²) in [6.07, 6.45) is 0. The molecule has 1 aromatic heterocycles. The number of nitrogens with zero attached hydrogens (tertiary/aromatic N) is 4. The standard InChI is InChI=1S/C19H23FN4O2S/c20-17-4-2-1-3-16(17)18(25)23-5-7-24(8-6-23)19-21-15(14-27-19)13-22-9-11-26-12-10-22/h1-4,14H,5-13H2. The Kier molecular flexibility index (Phi) is 5.66. The first-order chi connectivity index (χ1) is 13.2. The number of ether oxygens (including phenoxy) is 1. The summed E-state index contributed by atoms with van der Waals surface area (Å²) in [5.74, 6) is -0.697. The maximum Gasteiger partial charge on any atom is 0.256 e. The number of thiazole rings is 1. The Bertz CT molecular complexity index is 786. The molecule has 144 valence electrons. The van der Waals surface area contributed by atoms with Gasteiger partial charge in [0.1, 0.15) is 5.82 Å². The van der Waals surface area contributed by atoms with Crippen molar-refractivity contribution in [1.82, 2.24) is 14.8 Å². The highest BCUT2D eigenvalue weighted by atomic mass is 32.1. The summed E-state index contributed by atoms with van der Waals surface area (Å²) < 4.78 is 19.2. The Morgan fingerprint density at radius 3 is 2.59 bits per heavy atom. The lowest BCUT2D eigenvalue weighted by atomic mass is 10.1. The van der Waals surface area contributed by atoms with E-state index in [9.17, 15) is 9.18 Å². The van der Waals surface area contributed by atoms with Gasteiger partial charge in [0.05, 0.1) is 24.5 Å². The molecule has 6 nitrogen and oxygen atoms in total. The highest BCUT2D eigenvalue weighted by molar-refractivity contribution is 7.13. The van der Waals surface area contributed by atoms with Gasteiger partial charge in [0.2, 0.25) is 0 Å². The van der Waals surface area contributed by atoms with E-state index in [1.54, 1.807) is 34.4 Å². The van der Waals surface area contributed by atoms with E-state index in [0.717, 1.165) is 43.7 Å². The normalized spacial score (nSPS) is 18.7. The van der Waals surface area contributed by atoms with Crippen molar-refractivity contribution < 1.29 is 13.9 Å². The molecule has 0 atom stereocenters. The van der Waals surface area contributed by atoms with Crippen LogP contribution in [0.2, 0.25) is 0 Å². The summed E-state index contributed by atoms with van der Waals surface area (Å²) in [5, 5.41) is 3.11. The Balaban J connectivity index is 1.33. The zero-order valence-electron chi connectivity index (χ0n) is 15.1. The number of rotatable bonds is 4. The van der Waals surface area contributed by atoms with Gasteiger partial charge in [-0.3, -0.25) is 9.69 Å². The van der Waals surface area contributed by atoms with Gasteiger partial charge in [-0.05, 0) is 12.1 Å². The van der Waals surface area contributed by atoms with E-state index >= 15 is 0 Å². The molecule has 0 radical (unpaired) electrons. The van der Waals surface area contributed by atoms with E-state index in [1.165, 1.54) is 6.07 Å². The number of carbonyl (C=O) groups excluding carboxylic acids is 1. The topological polar surface area (TPSA) is 48.9 Å². The first-order valence-corrected chi connectivity index (χ1v) is 10.1. The fourth-order valence-electron chi connectivity index (χ4n) is 3.41. The summed E-state index contributed by atoms with van der Waals surface area (Å²) in [7, 11) is 0. The fourth-order valence-corrected chi connectivity index (χ4v) is 4.28. The molecule has 0 N–H and O–H groups in total. The van der Waals surface area contributed by atoms with Crippen LogP contribution < -0.4 is 4.90 Å². The molecule has 0 saturated carbocycles. The van der Waals surface area contributed by atoms with E-state index in [2.05, 4.69) is 15.2 Å². The molecule has 27 heavy (non-hydrogen) atoms. The second-order valence-electron chi connectivity index (χ2n) is 6.77. The molecule has 1 aromatic carbocycles. The van der Waals surface area contributed by atoms with Gasteiger partial charge in [0.15, 0.2) is 5.13 Å². The maximum absolute atomic E-state index is 13.9. The van der Waals surface area contributed by atoms with Crippen LogP contribution in [0.25, 0.3) is 0 Å². The molecule has 0 bridgehead atoms. The smallest absolute Gasteiger partial charge is 0.256 e. The number of anilines is 1. The van der Waals surface area contributed by atoms with E-state index in [0.29, 0.717) is 26.2 Å². The zero-order valence-corrected chi connectivity index (χ0v) is 16.0. The van der Waals surface area contributed by atoms with Crippen LogP contribution in [0.5, 0.6) is 0 Å². The van der Waals surface area contributed by atoms with Crippen molar-refractivity contribution in [2.24, 2.45) is 0 Å². The quantitative estimate of drug-likeness (QED) is 0.800. The third-order valence-electron chi connectivity index (χ3n) is 4.97. The van der Waals surface area contributed by atoms with Crippen molar-refractivity contribution in [1.29, 1.82) is 0 Å². The number of piperazine rings is 1. The lowest BCUT2D eigenvalue weighted by Gasteiger charge is -2.34. The van der Waals surface area contributed by atoms with E-state index in [-0.39, 0.29) is 11.5 Å². The number of amides is 1. The van der Waals surface area contributed by atoms with E-state index in [1.807, 2.05) is 0 Å². The largest absolute Gasteiger partial charge is 0.379 e. The fraction of sp³-hybridized carbons (Fsp3) is 0.474. The lowest BCUT2D eigenvalue weighted by Crippen LogP contribution is -2.49. The van der Waals surface area contributed by atoms with Gasteiger partial charge < -0.3 is 14.5 Å². The molecular weight excluding hydrogens is 367 g/mol. The predicted octanol–water partition coefficient (Wildman–Crippen LogP) is 2.08. The van der Waals surface area contributed by atoms with Crippen LogP contribution in [0, 0.1) is 5.82 Å². The molecule has 2 aliphatic rings. The second-order valence-corrected chi connectivity index (χ2v) is 7.61. The molecule has 2 saturated heterocycles. The van der Waals surface area contributed by atoms with E-state index < -0.39 is 5.82 Å². The molecule has 8 heteroatoms. The monoisotopic (exact) mass is 390 g/mol. The molecule has 3 heterocycles. The van der Waals surface area contributed by atoms with Crippen molar-refractivity contribution in [3.8, 4) is 0 Å². The summed E-state index contributed by atoms with van der Waals surface area (Å²) in [5.41, 5.74) is 1.23. The number of halogens is 1. The molecule has 1 amide bonds. The summed E-state index contributed by atoms with van der Waals surface area (Å²) in [6.45, 7) is 6.90. The van der Waals surface area contributed by atoms with E-state index in [4.69, 9.17) is 9.72 Å². The summed E-state index contributed by atoms with van der Waals surface area (Å²) in [6, 6.07) is 6.16. The molecule has 2 aliphatic heterocycles. The number of hydrogen-bond acceptors (Lipinski definition) is 6. The van der Waals surface area contributed by atoms with Crippen molar-refractivity contribution in [2.75, 3.05) is 57.4 Å². The predicted molar refractivity (Wildman–Crippen MR) is 103 cm³/mol. The minimum absolute atomic E-state index is 0.146. The van der Waals surface area contributed by atoms with Crippen molar-refractivity contribution in [3.63, 3.8) is 0 Å². The Labute approximate surface area is 162 Å². The first-order valence-electron chi connectivity index (χ1n) is 9.24. The zero-order chi connectivity index (χ0) is 18.6. The third kappa shape index (κ3) is 4.28.